The zero-order valence-electron chi connectivity index (χ0n) is 9.48. The molecule has 1 aromatic heterocycles. The van der Waals surface area contributed by atoms with Gasteiger partial charge in [-0.2, -0.15) is 0 Å². The molecular weight excluding hydrogens is 222 g/mol. The number of aromatic nitrogens is 2. The van der Waals surface area contributed by atoms with Gasteiger partial charge in [0, 0.05) is 19.2 Å². The monoisotopic (exact) mass is 237 g/mol. The smallest absolute Gasteiger partial charge is 0.354 e. The lowest BCUT2D eigenvalue weighted by Crippen LogP contribution is -2.29. The topological polar surface area (TPSA) is 86.3 Å². The quantitative estimate of drug-likeness (QED) is 0.796. The molecule has 2 rings (SSSR count). The number of nitrogens with one attached hydrogen (secondary N) is 1. The Kier molecular flexibility index (Phi) is 3.41. The van der Waals surface area contributed by atoms with Crippen LogP contribution in [0, 0.1) is 0 Å². The number of hydrogen-bond donors (Lipinski definition) is 2. The summed E-state index contributed by atoms with van der Waals surface area (Å²) in [7, 11) is 0. The summed E-state index contributed by atoms with van der Waals surface area (Å²) in [5.74, 6) is -0.802. The second kappa shape index (κ2) is 4.99. The van der Waals surface area contributed by atoms with Crippen molar-refractivity contribution in [1.29, 1.82) is 0 Å². The number of hydrogen-bond acceptors (Lipinski definition) is 4. The van der Waals surface area contributed by atoms with Crippen molar-refractivity contribution in [3.63, 3.8) is 0 Å². The average Bonchev–Trinajstić information content (AvgIpc) is 2.56. The Morgan fingerprint density at radius 1 is 1.29 bits per heavy atom. The highest BCUT2D eigenvalue weighted by molar-refractivity contribution is 5.85. The minimum atomic E-state index is -1.17. The summed E-state index contributed by atoms with van der Waals surface area (Å²) in [6, 6.07) is 1.00. The van der Waals surface area contributed by atoms with Crippen LogP contribution < -0.4 is 10.5 Å². The third-order valence-electron chi connectivity index (χ3n) is 2.85. The zero-order valence-corrected chi connectivity index (χ0v) is 9.48. The van der Waals surface area contributed by atoms with E-state index in [0.29, 0.717) is 5.95 Å². The van der Waals surface area contributed by atoms with E-state index in [2.05, 4.69) is 9.97 Å². The van der Waals surface area contributed by atoms with Crippen LogP contribution in [-0.4, -0.2) is 34.1 Å². The highest BCUT2D eigenvalue weighted by atomic mass is 16.4. The first-order valence-corrected chi connectivity index (χ1v) is 5.76. The fourth-order valence-corrected chi connectivity index (χ4v) is 1.99. The fraction of sp³-hybridized carbons (Fsp3) is 0.545. The van der Waals surface area contributed by atoms with E-state index in [9.17, 15) is 9.59 Å². The van der Waals surface area contributed by atoms with Gasteiger partial charge in [0.15, 0.2) is 5.69 Å². The Bertz CT molecular complexity index is 461. The number of carboxylic acid groups (broad SMARTS) is 1. The van der Waals surface area contributed by atoms with E-state index in [4.69, 9.17) is 5.11 Å². The maximum absolute atomic E-state index is 11.4. The van der Waals surface area contributed by atoms with Gasteiger partial charge in [0.05, 0.1) is 0 Å². The minimum Gasteiger partial charge on any atom is -0.477 e. The summed E-state index contributed by atoms with van der Waals surface area (Å²) in [4.78, 5) is 30.7. The summed E-state index contributed by atoms with van der Waals surface area (Å²) in [5.41, 5.74) is -0.621. The van der Waals surface area contributed by atoms with Gasteiger partial charge < -0.3 is 10.0 Å². The molecule has 0 unspecified atom stereocenters. The third-order valence-corrected chi connectivity index (χ3v) is 2.85. The van der Waals surface area contributed by atoms with E-state index in [1.165, 1.54) is 12.8 Å². The summed E-state index contributed by atoms with van der Waals surface area (Å²) in [6.45, 7) is 1.62. The summed E-state index contributed by atoms with van der Waals surface area (Å²) in [5, 5.41) is 8.85. The molecule has 92 valence electrons. The van der Waals surface area contributed by atoms with Crippen LogP contribution in [-0.2, 0) is 0 Å². The second-order valence-electron chi connectivity index (χ2n) is 4.16. The summed E-state index contributed by atoms with van der Waals surface area (Å²) < 4.78 is 0. The van der Waals surface area contributed by atoms with Crippen molar-refractivity contribution in [3.8, 4) is 0 Å². The van der Waals surface area contributed by atoms with Gasteiger partial charge in [-0.15, -0.1) is 0 Å². The van der Waals surface area contributed by atoms with Gasteiger partial charge in [0.2, 0.25) is 5.95 Å². The molecule has 1 aliphatic rings. The lowest BCUT2D eigenvalue weighted by atomic mass is 10.2. The first-order chi connectivity index (χ1) is 8.16. The van der Waals surface area contributed by atoms with Crippen molar-refractivity contribution >= 4 is 11.9 Å². The molecule has 6 heteroatoms. The molecule has 0 radical (unpaired) electrons. The van der Waals surface area contributed by atoms with Gasteiger partial charge in [-0.3, -0.25) is 9.78 Å². The van der Waals surface area contributed by atoms with Crippen molar-refractivity contribution in [2.75, 3.05) is 18.0 Å². The summed E-state index contributed by atoms with van der Waals surface area (Å²) in [6.07, 6.45) is 4.42. The number of aromatic amines is 1. The maximum atomic E-state index is 11.4. The van der Waals surface area contributed by atoms with Crippen molar-refractivity contribution in [3.05, 3.63) is 22.1 Å². The summed E-state index contributed by atoms with van der Waals surface area (Å²) >= 11 is 0. The van der Waals surface area contributed by atoms with Gasteiger partial charge >= 0.3 is 5.97 Å². The Morgan fingerprint density at radius 2 is 1.94 bits per heavy atom. The Labute approximate surface area is 98.3 Å². The molecule has 6 nitrogen and oxygen atoms in total. The number of aromatic carboxylic acids is 1. The molecule has 1 aromatic rings. The van der Waals surface area contributed by atoms with Crippen LogP contribution in [0.3, 0.4) is 0 Å². The van der Waals surface area contributed by atoms with Crippen LogP contribution >= 0.6 is 0 Å². The van der Waals surface area contributed by atoms with Gasteiger partial charge in [0.25, 0.3) is 5.56 Å². The first-order valence-electron chi connectivity index (χ1n) is 5.76. The largest absolute Gasteiger partial charge is 0.477 e. The molecule has 0 aliphatic carbocycles. The van der Waals surface area contributed by atoms with E-state index >= 15 is 0 Å². The Hall–Kier alpha value is -1.85. The number of rotatable bonds is 2. The van der Waals surface area contributed by atoms with Crippen LogP contribution in [0.15, 0.2) is 10.9 Å². The number of carboxylic acids is 1. The van der Waals surface area contributed by atoms with Crippen LogP contribution in [0.1, 0.15) is 36.2 Å². The van der Waals surface area contributed by atoms with E-state index in [1.807, 2.05) is 4.90 Å². The molecule has 1 fully saturated rings. The van der Waals surface area contributed by atoms with Gasteiger partial charge in [-0.25, -0.2) is 9.78 Å². The van der Waals surface area contributed by atoms with Crippen LogP contribution in [0.2, 0.25) is 0 Å². The molecule has 0 amide bonds. The molecule has 0 aromatic carbocycles. The third kappa shape index (κ3) is 2.83. The average molecular weight is 237 g/mol. The number of H-pyrrole nitrogens is 1. The SMILES string of the molecule is O=C(O)c1cc(=O)[nH]c(N2CCCCCC2)n1. The molecule has 2 N–H and O–H groups in total. The van der Waals surface area contributed by atoms with Crippen LogP contribution in [0.4, 0.5) is 5.95 Å². The first kappa shape index (κ1) is 11.6. The predicted molar refractivity (Wildman–Crippen MR) is 62.5 cm³/mol. The van der Waals surface area contributed by atoms with E-state index < -0.39 is 11.5 Å². The lowest BCUT2D eigenvalue weighted by molar-refractivity contribution is 0.0690. The van der Waals surface area contributed by atoms with Crippen LogP contribution in [0.5, 0.6) is 0 Å². The number of anilines is 1. The molecule has 1 saturated heterocycles. The van der Waals surface area contributed by atoms with Crippen molar-refractivity contribution in [2.24, 2.45) is 0 Å². The standard InChI is InChI=1S/C11H15N3O3/c15-9-7-8(10(16)17)12-11(13-9)14-5-3-1-2-4-6-14/h7H,1-6H2,(H,16,17)(H,12,13,15). The molecule has 0 saturated carbocycles. The van der Waals surface area contributed by atoms with Crippen molar-refractivity contribution in [2.45, 2.75) is 25.7 Å². The molecule has 0 atom stereocenters. The predicted octanol–water partition coefficient (Wildman–Crippen LogP) is 0.848. The highest BCUT2D eigenvalue weighted by Gasteiger charge is 2.15. The Morgan fingerprint density at radius 3 is 2.53 bits per heavy atom. The minimum absolute atomic E-state index is 0.201. The maximum Gasteiger partial charge on any atom is 0.354 e. The molecule has 0 spiro atoms. The van der Waals surface area contributed by atoms with Crippen molar-refractivity contribution < 1.29 is 9.90 Å². The number of nitrogens with zero attached hydrogens (tertiary/aromatic N) is 2. The fourth-order valence-electron chi connectivity index (χ4n) is 1.99. The molecule has 0 bridgehead atoms. The van der Waals surface area contributed by atoms with Crippen molar-refractivity contribution in [1.82, 2.24) is 9.97 Å². The molecule has 1 aliphatic heterocycles. The molecule has 2 heterocycles. The second-order valence-corrected chi connectivity index (χ2v) is 4.16. The highest BCUT2D eigenvalue weighted by Crippen LogP contribution is 2.14. The number of carbonyl (C=O) groups is 1. The molecule has 17 heavy (non-hydrogen) atoms. The normalized spacial score (nSPS) is 16.6. The molecular formula is C11H15N3O3. The van der Waals surface area contributed by atoms with Gasteiger partial charge in [-0.05, 0) is 12.8 Å². The van der Waals surface area contributed by atoms with Crippen LogP contribution in [0.25, 0.3) is 0 Å². The van der Waals surface area contributed by atoms with E-state index in [0.717, 1.165) is 32.0 Å². The Balaban J connectivity index is 2.30. The van der Waals surface area contributed by atoms with E-state index in [-0.39, 0.29) is 5.69 Å². The lowest BCUT2D eigenvalue weighted by Gasteiger charge is -2.20. The van der Waals surface area contributed by atoms with Gasteiger partial charge in [0.1, 0.15) is 0 Å². The van der Waals surface area contributed by atoms with E-state index in [1.54, 1.807) is 0 Å². The zero-order chi connectivity index (χ0) is 12.3. The van der Waals surface area contributed by atoms with Gasteiger partial charge in [-0.1, -0.05) is 12.8 Å².